The van der Waals surface area contributed by atoms with E-state index in [2.05, 4.69) is 21.2 Å². The van der Waals surface area contributed by atoms with Crippen molar-refractivity contribution >= 4 is 27.3 Å². The van der Waals surface area contributed by atoms with Gasteiger partial charge in [-0.05, 0) is 12.1 Å². The fraction of sp³-hybridized carbons (Fsp3) is 0.500. The number of halogens is 1. The predicted octanol–water partition coefficient (Wildman–Crippen LogP) is 2.57. The van der Waals surface area contributed by atoms with E-state index in [0.717, 1.165) is 10.9 Å². The molecule has 2 rings (SSSR count). The molecule has 1 aliphatic rings. The molecule has 1 aromatic carbocycles. The van der Waals surface area contributed by atoms with Crippen LogP contribution in [0.2, 0.25) is 0 Å². The van der Waals surface area contributed by atoms with Crippen molar-refractivity contribution in [1.29, 1.82) is 0 Å². The third-order valence-electron chi connectivity index (χ3n) is 3.26. The third-order valence-corrected chi connectivity index (χ3v) is 3.75. The number of nitrogens with zero attached hydrogens (tertiary/aromatic N) is 1. The quantitative estimate of drug-likeness (QED) is 0.663. The lowest BCUT2D eigenvalue weighted by molar-refractivity contribution is -0.384. The molecule has 0 aromatic heterocycles. The molecule has 1 N–H and O–H groups in total. The molecule has 7 heteroatoms. The van der Waals surface area contributed by atoms with E-state index in [0.29, 0.717) is 25.4 Å². The van der Waals surface area contributed by atoms with Gasteiger partial charge in [-0.1, -0.05) is 15.9 Å². The first-order valence-corrected chi connectivity index (χ1v) is 6.66. The molecule has 1 aromatic rings. The van der Waals surface area contributed by atoms with Crippen LogP contribution < -0.4 is 5.32 Å². The molecule has 104 valence electrons. The molecule has 0 bridgehead atoms. The molecule has 1 saturated heterocycles. The monoisotopic (exact) mass is 330 g/mol. The van der Waals surface area contributed by atoms with Crippen LogP contribution >= 0.6 is 15.9 Å². The summed E-state index contributed by atoms with van der Waals surface area (Å²) in [4.78, 5) is 10.6. The highest BCUT2D eigenvalue weighted by atomic mass is 79.9. The Morgan fingerprint density at radius 1 is 1.63 bits per heavy atom. The van der Waals surface area contributed by atoms with Crippen molar-refractivity contribution in [2.75, 3.05) is 32.2 Å². The van der Waals surface area contributed by atoms with E-state index in [1.54, 1.807) is 19.2 Å². The zero-order chi connectivity index (χ0) is 13.9. The Morgan fingerprint density at radius 2 is 2.42 bits per heavy atom. The number of rotatable bonds is 5. The second-order valence-electron chi connectivity index (χ2n) is 4.46. The van der Waals surface area contributed by atoms with Gasteiger partial charge in [0.15, 0.2) is 0 Å². The highest BCUT2D eigenvalue weighted by Crippen LogP contribution is 2.30. The van der Waals surface area contributed by atoms with Gasteiger partial charge in [-0.15, -0.1) is 0 Å². The molecule has 1 fully saturated rings. The first kappa shape index (κ1) is 14.2. The van der Waals surface area contributed by atoms with Crippen molar-refractivity contribution in [1.82, 2.24) is 0 Å². The van der Waals surface area contributed by atoms with Crippen molar-refractivity contribution in [3.8, 4) is 0 Å². The van der Waals surface area contributed by atoms with E-state index < -0.39 is 10.5 Å². The zero-order valence-electron chi connectivity index (χ0n) is 10.5. The Balaban J connectivity index is 2.14. The number of benzene rings is 1. The van der Waals surface area contributed by atoms with E-state index in [1.165, 1.54) is 6.07 Å². The van der Waals surface area contributed by atoms with Gasteiger partial charge in [0.25, 0.3) is 5.69 Å². The Kier molecular flexibility index (Phi) is 4.38. The molecule has 0 aliphatic carbocycles. The zero-order valence-corrected chi connectivity index (χ0v) is 12.1. The van der Waals surface area contributed by atoms with Crippen molar-refractivity contribution in [2.24, 2.45) is 0 Å². The molecule has 0 spiro atoms. The Bertz CT molecular complexity index is 475. The molecule has 0 amide bonds. The number of nitro benzene ring substituents is 1. The van der Waals surface area contributed by atoms with Gasteiger partial charge in [0.05, 0.1) is 11.5 Å². The van der Waals surface area contributed by atoms with E-state index in [-0.39, 0.29) is 5.69 Å². The Morgan fingerprint density at radius 3 is 3.00 bits per heavy atom. The summed E-state index contributed by atoms with van der Waals surface area (Å²) in [6.45, 7) is 1.62. The highest BCUT2D eigenvalue weighted by molar-refractivity contribution is 9.10. The van der Waals surface area contributed by atoms with Gasteiger partial charge in [0.1, 0.15) is 11.3 Å². The van der Waals surface area contributed by atoms with Crippen molar-refractivity contribution in [3.63, 3.8) is 0 Å². The maximum absolute atomic E-state index is 11.0. The molecule has 19 heavy (non-hydrogen) atoms. The van der Waals surface area contributed by atoms with E-state index in [4.69, 9.17) is 9.47 Å². The number of hydrogen-bond donors (Lipinski definition) is 1. The van der Waals surface area contributed by atoms with Gasteiger partial charge in [0.2, 0.25) is 0 Å². The lowest BCUT2D eigenvalue weighted by atomic mass is 10.0. The first-order valence-electron chi connectivity index (χ1n) is 5.87. The summed E-state index contributed by atoms with van der Waals surface area (Å²) in [5.74, 6) is 0. The minimum Gasteiger partial charge on any atom is -0.378 e. The normalized spacial score (nSPS) is 22.4. The lowest BCUT2D eigenvalue weighted by Gasteiger charge is -2.26. The summed E-state index contributed by atoms with van der Waals surface area (Å²) >= 11 is 3.31. The minimum atomic E-state index is -0.407. The van der Waals surface area contributed by atoms with Crippen LogP contribution in [0.1, 0.15) is 6.42 Å². The fourth-order valence-electron chi connectivity index (χ4n) is 2.03. The van der Waals surface area contributed by atoms with Crippen LogP contribution in [0.15, 0.2) is 22.7 Å². The van der Waals surface area contributed by atoms with E-state index in [1.807, 2.05) is 0 Å². The van der Waals surface area contributed by atoms with Crippen LogP contribution in [-0.2, 0) is 9.47 Å². The number of hydrogen-bond acceptors (Lipinski definition) is 5. The van der Waals surface area contributed by atoms with Crippen molar-refractivity contribution in [3.05, 3.63) is 32.8 Å². The number of methoxy groups -OCH3 is 1. The predicted molar refractivity (Wildman–Crippen MR) is 74.5 cm³/mol. The van der Waals surface area contributed by atoms with Gasteiger partial charge in [-0.3, -0.25) is 10.1 Å². The van der Waals surface area contributed by atoms with Crippen LogP contribution in [0.4, 0.5) is 11.4 Å². The summed E-state index contributed by atoms with van der Waals surface area (Å²) < 4.78 is 11.6. The molecule has 0 radical (unpaired) electrons. The third kappa shape index (κ3) is 3.23. The van der Waals surface area contributed by atoms with Gasteiger partial charge >= 0.3 is 0 Å². The maximum atomic E-state index is 11.0. The van der Waals surface area contributed by atoms with Crippen LogP contribution in [0.3, 0.4) is 0 Å². The molecule has 1 unspecified atom stereocenters. The first-order chi connectivity index (χ1) is 9.06. The summed E-state index contributed by atoms with van der Waals surface area (Å²) in [5.41, 5.74) is 0.118. The van der Waals surface area contributed by atoms with Crippen LogP contribution in [0, 0.1) is 10.1 Å². The van der Waals surface area contributed by atoms with E-state index in [9.17, 15) is 10.1 Å². The molecule has 6 nitrogen and oxygen atoms in total. The number of anilines is 1. The number of ether oxygens (including phenoxy) is 2. The highest BCUT2D eigenvalue weighted by Gasteiger charge is 2.35. The summed E-state index contributed by atoms with van der Waals surface area (Å²) in [5, 5.41) is 14.1. The average Bonchev–Trinajstić information content (AvgIpc) is 2.85. The standard InChI is InChI=1S/C12H15BrN2O4/c1-18-12(4-5-19-8-12)7-14-10-6-9(13)2-3-11(10)15(16)17/h2-3,6,14H,4-5,7-8H2,1H3. The SMILES string of the molecule is COC1(CNc2cc(Br)ccc2[N+](=O)[O-])CCOC1. The van der Waals surface area contributed by atoms with Gasteiger partial charge in [-0.2, -0.15) is 0 Å². The second kappa shape index (κ2) is 5.85. The topological polar surface area (TPSA) is 73.6 Å². The minimum absolute atomic E-state index is 0.0494. The largest absolute Gasteiger partial charge is 0.378 e. The summed E-state index contributed by atoms with van der Waals surface area (Å²) in [7, 11) is 1.63. The molecular formula is C12H15BrN2O4. The second-order valence-corrected chi connectivity index (χ2v) is 5.38. The average molecular weight is 331 g/mol. The van der Waals surface area contributed by atoms with Crippen molar-refractivity contribution in [2.45, 2.75) is 12.0 Å². The smallest absolute Gasteiger partial charge is 0.292 e. The summed E-state index contributed by atoms with van der Waals surface area (Å²) in [6, 6.07) is 4.81. The number of nitrogens with one attached hydrogen (secondary N) is 1. The van der Waals surface area contributed by atoms with Gasteiger partial charge < -0.3 is 14.8 Å². The Labute approximate surface area is 119 Å². The lowest BCUT2D eigenvalue weighted by Crippen LogP contribution is -2.39. The van der Waals surface area contributed by atoms with Gasteiger partial charge in [-0.25, -0.2) is 0 Å². The van der Waals surface area contributed by atoms with E-state index >= 15 is 0 Å². The van der Waals surface area contributed by atoms with Crippen LogP contribution in [0.25, 0.3) is 0 Å². The summed E-state index contributed by atoms with van der Waals surface area (Å²) in [6.07, 6.45) is 0.776. The molecule has 1 heterocycles. The molecule has 1 aliphatic heterocycles. The van der Waals surface area contributed by atoms with Crippen LogP contribution in [-0.4, -0.2) is 37.4 Å². The molecule has 1 atom stereocenters. The van der Waals surface area contributed by atoms with Crippen molar-refractivity contribution < 1.29 is 14.4 Å². The number of nitro groups is 1. The molecule has 0 saturated carbocycles. The molecular weight excluding hydrogens is 316 g/mol. The van der Waals surface area contributed by atoms with Gasteiger partial charge in [0, 0.05) is 37.2 Å². The van der Waals surface area contributed by atoms with Crippen LogP contribution in [0.5, 0.6) is 0 Å². The fourth-order valence-corrected chi connectivity index (χ4v) is 2.39. The maximum Gasteiger partial charge on any atom is 0.292 e. The Hall–Kier alpha value is -1.18.